The van der Waals surface area contributed by atoms with Gasteiger partial charge in [0.1, 0.15) is 17.5 Å². The summed E-state index contributed by atoms with van der Waals surface area (Å²) in [6, 6.07) is 4.21. The van der Waals surface area contributed by atoms with Gasteiger partial charge in [-0.05, 0) is 59.1 Å². The van der Waals surface area contributed by atoms with Crippen molar-refractivity contribution in [2.75, 3.05) is 13.2 Å². The van der Waals surface area contributed by atoms with E-state index in [0.29, 0.717) is 6.54 Å². The smallest absolute Gasteiger partial charge is 0.410 e. The van der Waals surface area contributed by atoms with Gasteiger partial charge in [-0.25, -0.2) is 9.48 Å². The molecular formula is C23H32BrN3O4. The number of carbonyl (C=O) groups is 1. The van der Waals surface area contributed by atoms with Gasteiger partial charge in [0.15, 0.2) is 6.23 Å². The fraction of sp³-hybridized carbons (Fsp3) is 0.652. The van der Waals surface area contributed by atoms with Gasteiger partial charge >= 0.3 is 6.09 Å². The highest BCUT2D eigenvalue weighted by Crippen LogP contribution is 2.37. The van der Waals surface area contributed by atoms with Crippen LogP contribution in [0.2, 0.25) is 0 Å². The van der Waals surface area contributed by atoms with Crippen LogP contribution in [0.3, 0.4) is 0 Å². The van der Waals surface area contributed by atoms with Gasteiger partial charge in [0.25, 0.3) is 0 Å². The average Bonchev–Trinajstić information content (AvgIpc) is 3.09. The van der Waals surface area contributed by atoms with Crippen LogP contribution in [0.25, 0.3) is 10.9 Å². The number of benzene rings is 1. The molecule has 2 aliphatic rings. The molecule has 31 heavy (non-hydrogen) atoms. The Balaban J connectivity index is 1.44. The van der Waals surface area contributed by atoms with E-state index in [-0.39, 0.29) is 24.5 Å². The quantitative estimate of drug-likeness (QED) is 0.536. The minimum Gasteiger partial charge on any atom is -0.489 e. The summed E-state index contributed by atoms with van der Waals surface area (Å²) in [7, 11) is 0. The van der Waals surface area contributed by atoms with Crippen LogP contribution in [-0.2, 0) is 9.47 Å². The average molecular weight is 494 g/mol. The van der Waals surface area contributed by atoms with E-state index in [1.807, 2.05) is 44.6 Å². The molecule has 0 spiro atoms. The zero-order chi connectivity index (χ0) is 22.2. The number of hydrogen-bond donors (Lipinski definition) is 0. The second-order valence-electron chi connectivity index (χ2n) is 9.38. The molecule has 1 aromatic heterocycles. The second kappa shape index (κ2) is 8.98. The van der Waals surface area contributed by atoms with Gasteiger partial charge in [0.05, 0.1) is 17.1 Å². The summed E-state index contributed by atoms with van der Waals surface area (Å²) >= 11 is 3.62. The van der Waals surface area contributed by atoms with Crippen molar-refractivity contribution >= 4 is 32.9 Å². The van der Waals surface area contributed by atoms with Crippen LogP contribution in [0.5, 0.6) is 5.75 Å². The number of halogens is 1. The number of aromatic nitrogens is 2. The van der Waals surface area contributed by atoms with Crippen molar-refractivity contribution < 1.29 is 19.0 Å². The van der Waals surface area contributed by atoms with E-state index in [4.69, 9.17) is 14.2 Å². The molecule has 0 radical (unpaired) electrons. The lowest BCUT2D eigenvalue weighted by atomic mass is 9.88. The highest BCUT2D eigenvalue weighted by molar-refractivity contribution is 9.10. The number of carbonyl (C=O) groups excluding carboxylic acids is 1. The van der Waals surface area contributed by atoms with Crippen LogP contribution in [0.4, 0.5) is 4.79 Å². The van der Waals surface area contributed by atoms with Crippen LogP contribution in [-0.4, -0.2) is 51.7 Å². The first-order valence-corrected chi connectivity index (χ1v) is 12.0. The standard InChI is InChI=1S/C23H32BrN3O4/c1-5-26(22(28)31-23(2,3)4)16-12-17(13-16)30-20-11-15(24)10-19-18(20)14-25-27(19)21-8-6-7-9-29-21/h10-11,14,16-17,21H,5-9,12-13H2,1-4H3. The summed E-state index contributed by atoms with van der Waals surface area (Å²) in [5.74, 6) is 0.815. The van der Waals surface area contributed by atoms with Crippen molar-refractivity contribution in [3.05, 3.63) is 22.8 Å². The highest BCUT2D eigenvalue weighted by atomic mass is 79.9. The first-order valence-electron chi connectivity index (χ1n) is 11.2. The van der Waals surface area contributed by atoms with Gasteiger partial charge in [-0.3, -0.25) is 0 Å². The molecule has 1 unspecified atom stereocenters. The predicted octanol–water partition coefficient (Wildman–Crippen LogP) is 5.66. The summed E-state index contributed by atoms with van der Waals surface area (Å²) in [6.45, 7) is 9.06. The lowest BCUT2D eigenvalue weighted by Gasteiger charge is -2.42. The molecule has 1 aromatic carbocycles. The molecule has 2 aromatic rings. The Bertz CT molecular complexity index is 927. The van der Waals surface area contributed by atoms with E-state index >= 15 is 0 Å². The van der Waals surface area contributed by atoms with Crippen molar-refractivity contribution in [2.45, 2.75) is 83.8 Å². The van der Waals surface area contributed by atoms with E-state index in [0.717, 1.165) is 59.8 Å². The number of ether oxygens (including phenoxy) is 3. The largest absolute Gasteiger partial charge is 0.489 e. The molecule has 2 fully saturated rings. The Morgan fingerprint density at radius 3 is 2.74 bits per heavy atom. The molecule has 7 nitrogen and oxygen atoms in total. The lowest BCUT2D eigenvalue weighted by Crippen LogP contribution is -2.52. The first-order chi connectivity index (χ1) is 14.7. The van der Waals surface area contributed by atoms with Crippen molar-refractivity contribution in [3.8, 4) is 5.75 Å². The molecule has 170 valence electrons. The van der Waals surface area contributed by atoms with Gasteiger partial charge in [0.2, 0.25) is 0 Å². The zero-order valence-electron chi connectivity index (χ0n) is 18.8. The molecule has 8 heteroatoms. The molecule has 1 aliphatic heterocycles. The molecule has 4 rings (SSSR count). The molecule has 1 atom stereocenters. The Labute approximate surface area is 192 Å². The van der Waals surface area contributed by atoms with Gasteiger partial charge in [0, 0.05) is 36.5 Å². The Morgan fingerprint density at radius 1 is 1.32 bits per heavy atom. The van der Waals surface area contributed by atoms with Crippen molar-refractivity contribution in [3.63, 3.8) is 0 Å². The molecule has 0 N–H and O–H groups in total. The van der Waals surface area contributed by atoms with E-state index < -0.39 is 5.60 Å². The lowest BCUT2D eigenvalue weighted by molar-refractivity contribution is -0.0366. The number of hydrogen-bond acceptors (Lipinski definition) is 5. The topological polar surface area (TPSA) is 65.8 Å². The fourth-order valence-electron chi connectivity index (χ4n) is 4.25. The maximum Gasteiger partial charge on any atom is 0.410 e. The summed E-state index contributed by atoms with van der Waals surface area (Å²) in [6.07, 6.45) is 6.47. The summed E-state index contributed by atoms with van der Waals surface area (Å²) in [5.41, 5.74) is 0.518. The van der Waals surface area contributed by atoms with Gasteiger partial charge in [-0.15, -0.1) is 0 Å². The maximum absolute atomic E-state index is 12.5. The molecule has 0 bridgehead atoms. The van der Waals surface area contributed by atoms with Gasteiger partial charge in [-0.2, -0.15) is 5.10 Å². The molecule has 2 heterocycles. The van der Waals surface area contributed by atoms with Crippen molar-refractivity contribution in [1.82, 2.24) is 14.7 Å². The third kappa shape index (κ3) is 5.00. The number of amides is 1. The third-order valence-corrected chi connectivity index (χ3v) is 6.30. The Hall–Kier alpha value is -1.80. The Kier molecular flexibility index (Phi) is 6.49. The van der Waals surface area contributed by atoms with Crippen LogP contribution >= 0.6 is 15.9 Å². The normalized spacial score (nSPS) is 24.0. The molecule has 1 saturated heterocycles. The predicted molar refractivity (Wildman–Crippen MR) is 122 cm³/mol. The summed E-state index contributed by atoms with van der Waals surface area (Å²) in [5, 5.41) is 5.59. The minimum atomic E-state index is -0.492. The fourth-order valence-corrected chi connectivity index (χ4v) is 4.67. The highest BCUT2D eigenvalue weighted by Gasteiger charge is 2.38. The van der Waals surface area contributed by atoms with Crippen molar-refractivity contribution in [1.29, 1.82) is 0 Å². The molecule has 1 aliphatic carbocycles. The molecule has 1 amide bonds. The van der Waals surface area contributed by atoms with E-state index in [1.54, 1.807) is 4.90 Å². The summed E-state index contributed by atoms with van der Waals surface area (Å²) in [4.78, 5) is 14.3. The monoisotopic (exact) mass is 493 g/mol. The van der Waals surface area contributed by atoms with Crippen molar-refractivity contribution in [2.24, 2.45) is 0 Å². The van der Waals surface area contributed by atoms with Gasteiger partial charge < -0.3 is 19.1 Å². The van der Waals surface area contributed by atoms with Gasteiger partial charge in [-0.1, -0.05) is 15.9 Å². The van der Waals surface area contributed by atoms with E-state index in [9.17, 15) is 4.79 Å². The maximum atomic E-state index is 12.5. The molecule has 1 saturated carbocycles. The number of rotatable bonds is 5. The van der Waals surface area contributed by atoms with Crippen LogP contribution in [0.15, 0.2) is 22.8 Å². The molecular weight excluding hydrogens is 462 g/mol. The van der Waals surface area contributed by atoms with E-state index in [1.165, 1.54) is 0 Å². The third-order valence-electron chi connectivity index (χ3n) is 5.84. The van der Waals surface area contributed by atoms with Crippen LogP contribution in [0.1, 0.15) is 66.0 Å². The van der Waals surface area contributed by atoms with Crippen LogP contribution < -0.4 is 4.74 Å². The zero-order valence-corrected chi connectivity index (χ0v) is 20.4. The van der Waals surface area contributed by atoms with Crippen LogP contribution in [0, 0.1) is 0 Å². The van der Waals surface area contributed by atoms with E-state index in [2.05, 4.69) is 27.1 Å². The Morgan fingerprint density at radius 2 is 2.10 bits per heavy atom. The number of nitrogens with zero attached hydrogens (tertiary/aromatic N) is 3. The SMILES string of the molecule is CCN(C(=O)OC(C)(C)C)C1CC(Oc2cc(Br)cc3c2cnn3C2CCCCO2)C1. The summed E-state index contributed by atoms with van der Waals surface area (Å²) < 4.78 is 20.7. The number of fused-ring (bicyclic) bond motifs is 1. The second-order valence-corrected chi connectivity index (χ2v) is 10.3. The minimum absolute atomic E-state index is 0.0200. The first kappa shape index (κ1) is 22.4.